The molecule has 0 N–H and O–H groups in total. The van der Waals surface area contributed by atoms with Crippen LogP contribution in [0.5, 0.6) is 0 Å². The first-order valence-corrected chi connectivity index (χ1v) is 3.58. The second-order valence-corrected chi connectivity index (χ2v) is 1.43. The Bertz CT molecular complexity index is 74.6. The fourth-order valence-corrected chi connectivity index (χ4v) is 0. The maximum absolute atomic E-state index is 9.99. The molecule has 0 aromatic heterocycles. The summed E-state index contributed by atoms with van der Waals surface area (Å²) in [5.74, 6) is 0. The van der Waals surface area contributed by atoms with Crippen molar-refractivity contribution in [1.29, 1.82) is 0 Å². The monoisotopic (exact) mass is 272 g/mol. The largest absolute Gasteiger partial charge is 2.00 e. The molecule has 0 radical (unpaired) electrons. The Balaban J connectivity index is -0.0000000720. The summed E-state index contributed by atoms with van der Waals surface area (Å²) in [5, 5.41) is 0. The predicted octanol–water partition coefficient (Wildman–Crippen LogP) is -2.54. The standard InChI is InChI=1S/Cd.2FO2Si/c;2*1-4(2)3/q+2;2*-1. The molecule has 0 amide bonds. The smallest absolute Gasteiger partial charge is 0.560 e. The van der Waals surface area contributed by atoms with Gasteiger partial charge in [0.1, 0.15) is 0 Å². The van der Waals surface area contributed by atoms with Crippen LogP contribution in [0.1, 0.15) is 0 Å². The van der Waals surface area contributed by atoms with E-state index in [-0.39, 0.29) is 27.3 Å². The van der Waals surface area contributed by atoms with Crippen LogP contribution in [0.3, 0.4) is 0 Å². The first-order chi connectivity index (χ1) is 3.46. The quantitative estimate of drug-likeness (QED) is 0.359. The normalized spacial score (nSPS) is 5.56. The van der Waals surface area contributed by atoms with Crippen molar-refractivity contribution in [3.8, 4) is 0 Å². The van der Waals surface area contributed by atoms with Gasteiger partial charge in [-0.05, 0) is 0 Å². The molecule has 0 fully saturated rings. The Morgan fingerprint density at radius 1 is 1.00 bits per heavy atom. The average molecular weight is 271 g/mol. The molecule has 48 valence electrons. The van der Waals surface area contributed by atoms with Crippen molar-refractivity contribution in [2.75, 3.05) is 0 Å². The SMILES string of the molecule is O=[Si]([O-])F.O=[Si]([O-])F.[Cd+2]. The van der Waals surface area contributed by atoms with Gasteiger partial charge in [-0.3, -0.25) is 8.22 Å². The van der Waals surface area contributed by atoms with Gasteiger partial charge in [-0.15, -0.1) is 0 Å². The van der Waals surface area contributed by atoms with Gasteiger partial charge >= 0.3 is 45.8 Å². The van der Waals surface area contributed by atoms with Crippen molar-refractivity contribution >= 4 is 18.5 Å². The summed E-state index contributed by atoms with van der Waals surface area (Å²) in [6, 6.07) is 0. The zero-order valence-corrected chi connectivity index (χ0v) is 10.1. The molecule has 0 aliphatic heterocycles. The van der Waals surface area contributed by atoms with E-state index in [1.165, 1.54) is 0 Å². The van der Waals surface area contributed by atoms with Crippen LogP contribution in [0.2, 0.25) is 0 Å². The van der Waals surface area contributed by atoms with E-state index in [4.69, 9.17) is 18.5 Å². The third-order valence-corrected chi connectivity index (χ3v) is 0. The van der Waals surface area contributed by atoms with Crippen LogP contribution in [0.4, 0.5) is 8.22 Å². The summed E-state index contributed by atoms with van der Waals surface area (Å²) >= 11 is 0. The first-order valence-electron chi connectivity index (χ1n) is 1.19. The first kappa shape index (κ1) is 16.2. The van der Waals surface area contributed by atoms with Crippen LogP contribution in [0.15, 0.2) is 0 Å². The molecule has 0 bridgehead atoms. The maximum atomic E-state index is 9.99. The molecule has 0 spiro atoms. The van der Waals surface area contributed by atoms with Crippen LogP contribution in [-0.2, 0) is 36.2 Å². The molecule has 4 nitrogen and oxygen atoms in total. The van der Waals surface area contributed by atoms with Gasteiger partial charge in [0.2, 0.25) is 0 Å². The molecule has 0 atom stereocenters. The molecule has 0 aliphatic carbocycles. The molecular formula is CdF2O4Si2. The van der Waals surface area contributed by atoms with E-state index in [0.717, 1.165) is 0 Å². The molecule has 0 heterocycles. The summed E-state index contributed by atoms with van der Waals surface area (Å²) in [7, 11) is -7.76. The van der Waals surface area contributed by atoms with Gasteiger partial charge in [0.25, 0.3) is 0 Å². The third-order valence-electron chi connectivity index (χ3n) is 0. The Hall–Kier alpha value is 0.416. The van der Waals surface area contributed by atoms with Gasteiger partial charge in [0.15, 0.2) is 0 Å². The minimum atomic E-state index is -3.88. The van der Waals surface area contributed by atoms with E-state index in [1.54, 1.807) is 0 Å². The van der Waals surface area contributed by atoms with E-state index >= 15 is 0 Å². The zero-order chi connectivity index (χ0) is 7.15. The molecule has 0 aromatic rings. The average Bonchev–Trinajstić information content (AvgIpc) is 1.25. The van der Waals surface area contributed by atoms with Gasteiger partial charge in [0, 0.05) is 0 Å². The van der Waals surface area contributed by atoms with Crippen LogP contribution >= 0.6 is 0 Å². The van der Waals surface area contributed by atoms with Crippen LogP contribution in [0.25, 0.3) is 0 Å². The maximum Gasteiger partial charge on any atom is 2.00 e. The van der Waals surface area contributed by atoms with Crippen LogP contribution < -0.4 is 9.59 Å². The molecule has 0 saturated heterocycles. The minimum Gasteiger partial charge on any atom is -0.560 e. The van der Waals surface area contributed by atoms with Crippen LogP contribution in [-0.4, -0.2) is 18.5 Å². The van der Waals surface area contributed by atoms with E-state index in [1.807, 2.05) is 0 Å². The summed E-state index contributed by atoms with van der Waals surface area (Å²) in [4.78, 5) is 16.8. The predicted molar refractivity (Wildman–Crippen MR) is 15.1 cm³/mol. The van der Waals surface area contributed by atoms with Crippen molar-refractivity contribution in [2.24, 2.45) is 0 Å². The summed E-state index contributed by atoms with van der Waals surface area (Å²) < 4.78 is 36.8. The van der Waals surface area contributed by atoms with Crippen molar-refractivity contribution < 1.29 is 54.0 Å². The molecule has 9 heteroatoms. The Labute approximate surface area is 72.6 Å². The Kier molecular flexibility index (Phi) is 20.2. The van der Waals surface area contributed by atoms with Crippen LogP contribution in [0, 0.1) is 0 Å². The van der Waals surface area contributed by atoms with E-state index < -0.39 is 18.5 Å². The second-order valence-electron chi connectivity index (χ2n) is 0.475. The van der Waals surface area contributed by atoms with Crippen molar-refractivity contribution in [1.82, 2.24) is 0 Å². The molecule has 0 rings (SSSR count). The molecular weight excluding hydrogens is 271 g/mol. The molecule has 0 unspecified atom stereocenters. The molecule has 0 aromatic carbocycles. The van der Waals surface area contributed by atoms with Gasteiger partial charge in [0.05, 0.1) is 0 Å². The Morgan fingerprint density at radius 3 is 1.00 bits per heavy atom. The van der Waals surface area contributed by atoms with Crippen molar-refractivity contribution in [3.05, 3.63) is 0 Å². The van der Waals surface area contributed by atoms with Crippen molar-refractivity contribution in [3.63, 3.8) is 0 Å². The van der Waals surface area contributed by atoms with Gasteiger partial charge in [-0.2, -0.15) is 0 Å². The summed E-state index contributed by atoms with van der Waals surface area (Å²) in [5.41, 5.74) is 0. The van der Waals surface area contributed by atoms with Gasteiger partial charge in [-0.1, -0.05) is 0 Å². The number of halogens is 2. The van der Waals surface area contributed by atoms with E-state index in [2.05, 4.69) is 0 Å². The topological polar surface area (TPSA) is 80.3 Å². The fraction of sp³-hybridized carbons (Fsp3) is 0. The minimum absolute atomic E-state index is 0. The van der Waals surface area contributed by atoms with Gasteiger partial charge < -0.3 is 18.5 Å². The van der Waals surface area contributed by atoms with Crippen molar-refractivity contribution in [2.45, 2.75) is 0 Å². The number of hydrogen-bond acceptors (Lipinski definition) is 4. The zero-order valence-electron chi connectivity index (χ0n) is 4.10. The van der Waals surface area contributed by atoms with E-state index in [9.17, 15) is 8.22 Å². The fourth-order valence-electron chi connectivity index (χ4n) is 0. The van der Waals surface area contributed by atoms with Gasteiger partial charge in [-0.25, -0.2) is 0 Å². The second kappa shape index (κ2) is 11.2. The third kappa shape index (κ3) is 2000. The molecule has 9 heavy (non-hydrogen) atoms. The molecule has 0 saturated carbocycles. The molecule has 0 aliphatic rings. The number of hydrogen-bond donors (Lipinski definition) is 0. The summed E-state index contributed by atoms with van der Waals surface area (Å²) in [6.45, 7) is 0. The van der Waals surface area contributed by atoms with E-state index in [0.29, 0.717) is 0 Å². The Morgan fingerprint density at radius 2 is 1.00 bits per heavy atom. The number of rotatable bonds is 0. The summed E-state index contributed by atoms with van der Waals surface area (Å²) in [6.07, 6.45) is 0.